The van der Waals surface area contributed by atoms with E-state index in [0.717, 1.165) is 0 Å². The van der Waals surface area contributed by atoms with Crippen LogP contribution in [0.3, 0.4) is 0 Å². The SMILES string of the molecule is COc1cc(N)ccc1N=C1C(=O)C=C(C)C(=N)C1C. The molecule has 3 N–H and O–H groups in total. The third kappa shape index (κ3) is 2.47. The number of methoxy groups -OCH3 is 1. The average Bonchev–Trinajstić information content (AvgIpc) is 2.42. The van der Waals surface area contributed by atoms with E-state index in [-0.39, 0.29) is 11.7 Å². The van der Waals surface area contributed by atoms with Crippen LogP contribution in [0.2, 0.25) is 0 Å². The minimum atomic E-state index is -0.324. The number of hydrogen-bond acceptors (Lipinski definition) is 5. The first-order valence-electron chi connectivity index (χ1n) is 6.27. The van der Waals surface area contributed by atoms with Gasteiger partial charge in [0.05, 0.1) is 12.8 Å². The summed E-state index contributed by atoms with van der Waals surface area (Å²) in [6, 6.07) is 5.06. The summed E-state index contributed by atoms with van der Waals surface area (Å²) in [4.78, 5) is 16.4. The highest BCUT2D eigenvalue weighted by molar-refractivity contribution is 6.51. The Morgan fingerprint density at radius 1 is 1.40 bits per heavy atom. The standard InChI is InChI=1S/C15H17N3O2/c1-8-6-12(19)15(9(2)14(8)17)18-11-5-4-10(16)7-13(11)20-3/h4-7,9,17H,16H2,1-3H3. The first-order chi connectivity index (χ1) is 9.43. The number of nitrogens with zero attached hydrogens (tertiary/aromatic N) is 1. The second-order valence-electron chi connectivity index (χ2n) is 4.76. The van der Waals surface area contributed by atoms with Crippen molar-refractivity contribution >= 4 is 28.6 Å². The maximum absolute atomic E-state index is 12.1. The van der Waals surface area contributed by atoms with Crippen LogP contribution in [0, 0.1) is 11.3 Å². The zero-order chi connectivity index (χ0) is 14.9. The molecule has 5 nitrogen and oxygen atoms in total. The number of nitrogens with two attached hydrogens (primary N) is 1. The molecule has 0 aliphatic heterocycles. The van der Waals surface area contributed by atoms with E-state index in [4.69, 9.17) is 15.9 Å². The molecule has 1 atom stereocenters. The molecule has 0 saturated carbocycles. The molecule has 0 bridgehead atoms. The Kier molecular flexibility index (Phi) is 3.70. The van der Waals surface area contributed by atoms with E-state index in [1.165, 1.54) is 13.2 Å². The van der Waals surface area contributed by atoms with Crippen LogP contribution in [-0.2, 0) is 4.79 Å². The van der Waals surface area contributed by atoms with Crippen LogP contribution in [-0.4, -0.2) is 24.3 Å². The molecule has 5 heteroatoms. The molecule has 0 saturated heterocycles. The summed E-state index contributed by atoms with van der Waals surface area (Å²) in [5.74, 6) is 0.0231. The van der Waals surface area contributed by atoms with Crippen LogP contribution in [0.4, 0.5) is 11.4 Å². The number of benzene rings is 1. The zero-order valence-corrected chi connectivity index (χ0v) is 11.7. The number of ether oxygens (including phenoxy) is 1. The largest absolute Gasteiger partial charge is 0.494 e. The number of allylic oxidation sites excluding steroid dienone is 2. The summed E-state index contributed by atoms with van der Waals surface area (Å²) in [5.41, 5.74) is 8.25. The van der Waals surface area contributed by atoms with Gasteiger partial charge in [0.1, 0.15) is 11.4 Å². The van der Waals surface area contributed by atoms with Gasteiger partial charge >= 0.3 is 0 Å². The van der Waals surface area contributed by atoms with Gasteiger partial charge < -0.3 is 15.9 Å². The number of carbonyl (C=O) groups is 1. The maximum atomic E-state index is 12.1. The van der Waals surface area contributed by atoms with E-state index >= 15 is 0 Å². The van der Waals surface area contributed by atoms with Crippen LogP contribution in [0.5, 0.6) is 5.75 Å². The Balaban J connectivity index is 2.50. The predicted octanol–water partition coefficient (Wildman–Crippen LogP) is 2.53. The molecule has 1 aliphatic carbocycles. The van der Waals surface area contributed by atoms with Crippen LogP contribution < -0.4 is 10.5 Å². The summed E-state index contributed by atoms with van der Waals surface area (Å²) < 4.78 is 5.22. The minimum Gasteiger partial charge on any atom is -0.494 e. The zero-order valence-electron chi connectivity index (χ0n) is 11.7. The van der Waals surface area contributed by atoms with E-state index in [0.29, 0.717) is 34.1 Å². The van der Waals surface area contributed by atoms with Crippen molar-refractivity contribution in [2.24, 2.45) is 10.9 Å². The molecule has 0 fully saturated rings. The van der Waals surface area contributed by atoms with Crippen LogP contribution in [0.25, 0.3) is 0 Å². The fraction of sp³-hybridized carbons (Fsp3) is 0.267. The van der Waals surface area contributed by atoms with Crippen molar-refractivity contribution in [1.29, 1.82) is 5.41 Å². The molecule has 2 rings (SSSR count). The van der Waals surface area contributed by atoms with Crippen molar-refractivity contribution < 1.29 is 9.53 Å². The molecular formula is C15H17N3O2. The van der Waals surface area contributed by atoms with Crippen molar-refractivity contribution in [1.82, 2.24) is 0 Å². The number of nitrogen functional groups attached to an aromatic ring is 1. The Labute approximate surface area is 117 Å². The average molecular weight is 271 g/mol. The molecule has 0 amide bonds. The predicted molar refractivity (Wildman–Crippen MR) is 80.2 cm³/mol. The molecule has 104 valence electrons. The van der Waals surface area contributed by atoms with Crippen molar-refractivity contribution in [3.8, 4) is 5.75 Å². The number of nitrogens with one attached hydrogen (secondary N) is 1. The van der Waals surface area contributed by atoms with Gasteiger partial charge in [-0.1, -0.05) is 6.92 Å². The van der Waals surface area contributed by atoms with E-state index < -0.39 is 0 Å². The number of carbonyl (C=O) groups excluding carboxylic acids is 1. The third-order valence-corrected chi connectivity index (χ3v) is 3.31. The van der Waals surface area contributed by atoms with Crippen molar-refractivity contribution in [3.63, 3.8) is 0 Å². The van der Waals surface area contributed by atoms with Crippen LogP contribution in [0.15, 0.2) is 34.8 Å². The van der Waals surface area contributed by atoms with Crippen molar-refractivity contribution in [2.45, 2.75) is 13.8 Å². The number of anilines is 1. The summed E-state index contributed by atoms with van der Waals surface area (Å²) in [6.07, 6.45) is 1.45. The van der Waals surface area contributed by atoms with Gasteiger partial charge in [-0.15, -0.1) is 0 Å². The number of rotatable bonds is 2. The molecule has 0 heterocycles. The molecule has 0 spiro atoms. The van der Waals surface area contributed by atoms with E-state index in [2.05, 4.69) is 4.99 Å². The summed E-state index contributed by atoms with van der Waals surface area (Å²) in [6.45, 7) is 3.57. The Hall–Kier alpha value is -2.43. The normalized spacial score (nSPS) is 21.1. The highest BCUT2D eigenvalue weighted by Crippen LogP contribution is 2.31. The van der Waals surface area contributed by atoms with E-state index in [9.17, 15) is 4.79 Å². The van der Waals surface area contributed by atoms with Gasteiger partial charge in [-0.05, 0) is 30.7 Å². The van der Waals surface area contributed by atoms with Crippen molar-refractivity contribution in [2.75, 3.05) is 12.8 Å². The number of hydrogen-bond donors (Lipinski definition) is 2. The molecule has 20 heavy (non-hydrogen) atoms. The second-order valence-corrected chi connectivity index (χ2v) is 4.76. The summed E-state index contributed by atoms with van der Waals surface area (Å²) in [7, 11) is 1.52. The minimum absolute atomic E-state index is 0.162. The molecular weight excluding hydrogens is 254 g/mol. The third-order valence-electron chi connectivity index (χ3n) is 3.31. The van der Waals surface area contributed by atoms with Crippen LogP contribution in [0.1, 0.15) is 13.8 Å². The molecule has 0 aromatic heterocycles. The molecule has 1 aromatic rings. The number of ketones is 1. The lowest BCUT2D eigenvalue weighted by Gasteiger charge is -2.20. The topological polar surface area (TPSA) is 88.5 Å². The molecule has 1 aliphatic rings. The van der Waals surface area contributed by atoms with Gasteiger partial charge in [0.25, 0.3) is 0 Å². The molecule has 1 aromatic carbocycles. The lowest BCUT2D eigenvalue weighted by molar-refractivity contribution is -0.109. The maximum Gasteiger partial charge on any atom is 0.201 e. The number of aliphatic imine (C=N–C) groups is 1. The summed E-state index contributed by atoms with van der Waals surface area (Å²) >= 11 is 0. The van der Waals surface area contributed by atoms with Crippen molar-refractivity contribution in [3.05, 3.63) is 29.8 Å². The van der Waals surface area contributed by atoms with Gasteiger partial charge in [0.15, 0.2) is 0 Å². The second kappa shape index (κ2) is 5.28. The van der Waals surface area contributed by atoms with Gasteiger partial charge in [-0.25, -0.2) is 4.99 Å². The van der Waals surface area contributed by atoms with Gasteiger partial charge in [-0.3, -0.25) is 4.79 Å². The van der Waals surface area contributed by atoms with Gasteiger partial charge in [-0.2, -0.15) is 0 Å². The Bertz CT molecular complexity index is 645. The first-order valence-corrected chi connectivity index (χ1v) is 6.27. The monoisotopic (exact) mass is 271 g/mol. The lowest BCUT2D eigenvalue weighted by atomic mass is 9.86. The summed E-state index contributed by atoms with van der Waals surface area (Å²) in [5, 5.41) is 7.97. The first kappa shape index (κ1) is 14.0. The fourth-order valence-corrected chi connectivity index (χ4v) is 2.11. The highest BCUT2D eigenvalue weighted by atomic mass is 16.5. The van der Waals surface area contributed by atoms with E-state index in [1.54, 1.807) is 32.0 Å². The fourth-order valence-electron chi connectivity index (χ4n) is 2.11. The van der Waals surface area contributed by atoms with E-state index in [1.807, 2.05) is 0 Å². The van der Waals surface area contributed by atoms with Crippen LogP contribution >= 0.6 is 0 Å². The molecule has 1 unspecified atom stereocenters. The Morgan fingerprint density at radius 2 is 2.10 bits per heavy atom. The van der Waals surface area contributed by atoms with Gasteiger partial charge in [0.2, 0.25) is 5.78 Å². The lowest BCUT2D eigenvalue weighted by Crippen LogP contribution is -2.32. The Morgan fingerprint density at radius 3 is 2.75 bits per heavy atom. The quantitative estimate of drug-likeness (QED) is 0.810. The van der Waals surface area contributed by atoms with Gasteiger partial charge in [0, 0.05) is 23.4 Å². The highest BCUT2D eigenvalue weighted by Gasteiger charge is 2.27. The smallest absolute Gasteiger partial charge is 0.201 e. The molecule has 0 radical (unpaired) electrons.